The minimum absolute atomic E-state index is 0.0790. The average molecular weight is 320 g/mol. The molecule has 2 heterocycles. The molecular weight excluding hydrogens is 300 g/mol. The fourth-order valence-electron chi connectivity index (χ4n) is 3.48. The molecule has 3 nitrogen and oxygen atoms in total. The Morgan fingerprint density at radius 3 is 2.08 bits per heavy atom. The van der Waals surface area contributed by atoms with Crippen LogP contribution in [0.25, 0.3) is 21.9 Å². The van der Waals surface area contributed by atoms with Crippen molar-refractivity contribution >= 4 is 21.9 Å². The molecule has 1 aromatic heterocycles. The highest BCUT2D eigenvalue weighted by molar-refractivity contribution is 6.06. The topological polar surface area (TPSA) is 31.6 Å². The molecule has 0 N–H and O–H groups in total. The lowest BCUT2D eigenvalue weighted by atomic mass is 9.89. The molecule has 0 spiro atoms. The first-order chi connectivity index (χ1) is 11.4. The van der Waals surface area contributed by atoms with Gasteiger partial charge in [0.1, 0.15) is 28.3 Å². The number of para-hydroxylation sites is 2. The van der Waals surface area contributed by atoms with Gasteiger partial charge >= 0.3 is 0 Å². The molecule has 1 aliphatic heterocycles. The van der Waals surface area contributed by atoms with Gasteiger partial charge in [0.25, 0.3) is 0 Å². The Bertz CT molecular complexity index is 994. The van der Waals surface area contributed by atoms with Crippen LogP contribution in [0.3, 0.4) is 0 Å². The maximum Gasteiger partial charge on any atom is 0.151 e. The summed E-state index contributed by atoms with van der Waals surface area (Å²) >= 11 is 0. The normalized spacial score (nSPS) is 21.5. The molecule has 0 amide bonds. The monoisotopic (exact) mass is 320 g/mol. The van der Waals surface area contributed by atoms with E-state index in [1.807, 2.05) is 18.2 Å². The van der Waals surface area contributed by atoms with Crippen LogP contribution >= 0.6 is 0 Å². The van der Waals surface area contributed by atoms with Crippen LogP contribution in [0.1, 0.15) is 39.2 Å². The lowest BCUT2D eigenvalue weighted by Gasteiger charge is -2.41. The second-order valence-corrected chi connectivity index (χ2v) is 7.71. The molecule has 1 aliphatic carbocycles. The summed E-state index contributed by atoms with van der Waals surface area (Å²) in [7, 11) is 0. The van der Waals surface area contributed by atoms with E-state index in [-0.39, 0.29) is 17.1 Å². The van der Waals surface area contributed by atoms with Crippen molar-refractivity contribution in [3.8, 4) is 0 Å². The van der Waals surface area contributed by atoms with Gasteiger partial charge in [0.05, 0.1) is 0 Å². The van der Waals surface area contributed by atoms with E-state index in [2.05, 4.69) is 52.0 Å². The third-order valence-electron chi connectivity index (χ3n) is 5.61. The largest absolute Gasteiger partial charge is 0.483 e. The van der Waals surface area contributed by atoms with Crippen molar-refractivity contribution in [3.05, 3.63) is 59.5 Å². The fraction of sp³-hybridized carbons (Fsp3) is 0.333. The molecular formula is C21H20O3. The number of ether oxygens (including phenoxy) is 2. The summed E-state index contributed by atoms with van der Waals surface area (Å²) in [6.45, 7) is 8.31. The van der Waals surface area contributed by atoms with Crippen LogP contribution in [0.5, 0.6) is 0 Å². The van der Waals surface area contributed by atoms with Gasteiger partial charge in [-0.05, 0) is 33.8 Å². The molecule has 0 saturated heterocycles. The van der Waals surface area contributed by atoms with E-state index in [1.54, 1.807) is 0 Å². The van der Waals surface area contributed by atoms with Crippen LogP contribution in [-0.4, -0.2) is 11.2 Å². The summed E-state index contributed by atoms with van der Waals surface area (Å²) in [6, 6.07) is 14.5. The first kappa shape index (κ1) is 14.0. The van der Waals surface area contributed by atoms with Crippen LogP contribution < -0.4 is 0 Å². The molecule has 2 aliphatic rings. The summed E-state index contributed by atoms with van der Waals surface area (Å²) in [6.07, 6.45) is 0. The summed E-state index contributed by atoms with van der Waals surface area (Å²) in [4.78, 5) is 0. The van der Waals surface area contributed by atoms with Crippen molar-refractivity contribution in [2.75, 3.05) is 0 Å². The summed E-state index contributed by atoms with van der Waals surface area (Å²) in [5.74, 6) is 1.98. The molecule has 3 aromatic rings. The molecule has 5 rings (SSSR count). The first-order valence-corrected chi connectivity index (χ1v) is 8.41. The molecule has 0 saturated carbocycles. The standard InChI is InChI=1S/C21H20O3/c1-20(2)21(3,4)24-19-16(18(19)23-20)14-10-7-9-13-12-8-5-6-11-15(12)22-17(13)14/h5-11,16H,1-4H3. The van der Waals surface area contributed by atoms with E-state index < -0.39 is 0 Å². The fourth-order valence-corrected chi connectivity index (χ4v) is 3.48. The first-order valence-electron chi connectivity index (χ1n) is 8.41. The van der Waals surface area contributed by atoms with Gasteiger partial charge < -0.3 is 13.9 Å². The van der Waals surface area contributed by atoms with Crippen LogP contribution in [0.4, 0.5) is 0 Å². The number of fused-ring (bicyclic) bond motifs is 3. The Morgan fingerprint density at radius 2 is 1.38 bits per heavy atom. The van der Waals surface area contributed by atoms with E-state index in [4.69, 9.17) is 13.9 Å². The second kappa shape index (κ2) is 4.15. The van der Waals surface area contributed by atoms with Gasteiger partial charge in [-0.1, -0.05) is 36.4 Å². The minimum atomic E-state index is -0.359. The number of hydrogen-bond donors (Lipinski definition) is 0. The predicted octanol–water partition coefficient (Wildman–Crippen LogP) is 5.50. The smallest absolute Gasteiger partial charge is 0.151 e. The molecule has 3 heteroatoms. The van der Waals surface area contributed by atoms with Gasteiger partial charge in [-0.15, -0.1) is 0 Å². The van der Waals surface area contributed by atoms with Gasteiger partial charge in [-0.25, -0.2) is 0 Å². The predicted molar refractivity (Wildman–Crippen MR) is 93.8 cm³/mol. The Kier molecular flexibility index (Phi) is 2.42. The van der Waals surface area contributed by atoms with Gasteiger partial charge in [0, 0.05) is 16.3 Å². The molecule has 122 valence electrons. The van der Waals surface area contributed by atoms with Crippen molar-refractivity contribution in [1.82, 2.24) is 0 Å². The molecule has 0 atom stereocenters. The van der Waals surface area contributed by atoms with Crippen molar-refractivity contribution in [3.63, 3.8) is 0 Å². The summed E-state index contributed by atoms with van der Waals surface area (Å²) in [5.41, 5.74) is 2.26. The molecule has 0 unspecified atom stereocenters. The highest BCUT2D eigenvalue weighted by Crippen LogP contribution is 2.59. The maximum atomic E-state index is 6.27. The zero-order chi connectivity index (χ0) is 16.7. The molecule has 0 radical (unpaired) electrons. The van der Waals surface area contributed by atoms with Crippen molar-refractivity contribution < 1.29 is 13.9 Å². The Hall–Kier alpha value is -2.42. The minimum Gasteiger partial charge on any atom is -0.483 e. The van der Waals surface area contributed by atoms with Crippen LogP contribution in [0.15, 0.2) is 58.4 Å². The highest BCUT2D eigenvalue weighted by atomic mass is 16.6. The lowest BCUT2D eigenvalue weighted by molar-refractivity contribution is -0.144. The molecule has 2 aromatic carbocycles. The Balaban J connectivity index is 1.63. The third kappa shape index (κ3) is 1.67. The molecule has 24 heavy (non-hydrogen) atoms. The maximum absolute atomic E-state index is 6.27. The van der Waals surface area contributed by atoms with Crippen LogP contribution in [0, 0.1) is 0 Å². The average Bonchev–Trinajstić information content (AvgIpc) is 3.03. The van der Waals surface area contributed by atoms with Crippen LogP contribution in [-0.2, 0) is 9.47 Å². The number of allylic oxidation sites excluding steroid dienone is 2. The summed E-state index contributed by atoms with van der Waals surface area (Å²) in [5, 5.41) is 2.29. The van der Waals surface area contributed by atoms with E-state index >= 15 is 0 Å². The van der Waals surface area contributed by atoms with Crippen molar-refractivity contribution in [2.45, 2.75) is 44.8 Å². The molecule has 0 fully saturated rings. The Morgan fingerprint density at radius 1 is 0.750 bits per heavy atom. The number of hydrogen-bond acceptors (Lipinski definition) is 3. The summed E-state index contributed by atoms with van der Waals surface area (Å²) < 4.78 is 18.7. The number of benzene rings is 2. The Labute approximate surface area is 140 Å². The quantitative estimate of drug-likeness (QED) is 0.593. The van der Waals surface area contributed by atoms with E-state index in [0.29, 0.717) is 0 Å². The van der Waals surface area contributed by atoms with Crippen molar-refractivity contribution in [1.29, 1.82) is 0 Å². The van der Waals surface area contributed by atoms with Gasteiger partial charge in [0.2, 0.25) is 0 Å². The third-order valence-corrected chi connectivity index (χ3v) is 5.61. The van der Waals surface area contributed by atoms with E-state index in [0.717, 1.165) is 39.0 Å². The van der Waals surface area contributed by atoms with Gasteiger partial charge in [-0.3, -0.25) is 0 Å². The van der Waals surface area contributed by atoms with Crippen molar-refractivity contribution in [2.24, 2.45) is 0 Å². The van der Waals surface area contributed by atoms with Gasteiger partial charge in [0.15, 0.2) is 11.5 Å². The number of rotatable bonds is 1. The number of furan rings is 1. The zero-order valence-corrected chi connectivity index (χ0v) is 14.3. The van der Waals surface area contributed by atoms with E-state index in [1.165, 1.54) is 0 Å². The zero-order valence-electron chi connectivity index (χ0n) is 14.3. The lowest BCUT2D eigenvalue weighted by Crippen LogP contribution is -2.49. The highest BCUT2D eigenvalue weighted by Gasteiger charge is 2.57. The van der Waals surface area contributed by atoms with Gasteiger partial charge in [-0.2, -0.15) is 0 Å². The second-order valence-electron chi connectivity index (χ2n) is 7.71. The SMILES string of the molecule is CC1(C)OC2=C(OC1(C)C)C2c1cccc2c1oc1ccccc12. The van der Waals surface area contributed by atoms with Crippen LogP contribution in [0.2, 0.25) is 0 Å². The van der Waals surface area contributed by atoms with E-state index in [9.17, 15) is 0 Å². The molecule has 0 bridgehead atoms.